The zero-order chi connectivity index (χ0) is 18.4. The minimum Gasteiger partial charge on any atom is -0.339 e. The van der Waals surface area contributed by atoms with Gasteiger partial charge in [-0.25, -0.2) is 4.79 Å². The summed E-state index contributed by atoms with van der Waals surface area (Å²) >= 11 is 0. The fraction of sp³-hybridized carbons (Fsp3) is 0.333. The Hall–Kier alpha value is -2.82. The van der Waals surface area contributed by atoms with Crippen LogP contribution in [0.25, 0.3) is 0 Å². The summed E-state index contributed by atoms with van der Waals surface area (Å²) in [5, 5.41) is 5.65. The van der Waals surface area contributed by atoms with Crippen molar-refractivity contribution in [1.82, 2.24) is 10.2 Å². The van der Waals surface area contributed by atoms with Crippen molar-refractivity contribution in [2.75, 3.05) is 18.4 Å². The van der Waals surface area contributed by atoms with Crippen LogP contribution in [-0.2, 0) is 6.54 Å². The quantitative estimate of drug-likeness (QED) is 0.876. The number of benzene rings is 2. The highest BCUT2D eigenvalue weighted by atomic mass is 16.2. The first kappa shape index (κ1) is 18.0. The molecule has 3 amide bonds. The Morgan fingerprint density at radius 1 is 1.00 bits per heavy atom. The molecule has 0 saturated carbocycles. The Morgan fingerprint density at radius 2 is 1.73 bits per heavy atom. The van der Waals surface area contributed by atoms with Gasteiger partial charge in [0.25, 0.3) is 5.91 Å². The van der Waals surface area contributed by atoms with Crippen molar-refractivity contribution in [3.63, 3.8) is 0 Å². The van der Waals surface area contributed by atoms with Crippen molar-refractivity contribution in [1.29, 1.82) is 0 Å². The fourth-order valence-corrected chi connectivity index (χ4v) is 3.13. The molecule has 1 aliphatic rings. The van der Waals surface area contributed by atoms with E-state index < -0.39 is 0 Å². The van der Waals surface area contributed by atoms with Gasteiger partial charge in [-0.1, -0.05) is 24.3 Å². The Morgan fingerprint density at radius 3 is 2.42 bits per heavy atom. The zero-order valence-electron chi connectivity index (χ0n) is 15.1. The van der Waals surface area contributed by atoms with E-state index in [9.17, 15) is 9.59 Å². The fourth-order valence-electron chi connectivity index (χ4n) is 3.13. The van der Waals surface area contributed by atoms with Crippen LogP contribution in [0.5, 0.6) is 0 Å². The largest absolute Gasteiger partial charge is 0.339 e. The molecule has 136 valence electrons. The van der Waals surface area contributed by atoms with Crippen molar-refractivity contribution in [2.24, 2.45) is 0 Å². The third-order valence-electron chi connectivity index (χ3n) is 4.57. The summed E-state index contributed by atoms with van der Waals surface area (Å²) in [4.78, 5) is 26.4. The van der Waals surface area contributed by atoms with E-state index in [4.69, 9.17) is 0 Å². The van der Waals surface area contributed by atoms with Crippen molar-refractivity contribution in [3.8, 4) is 0 Å². The first-order valence-corrected chi connectivity index (χ1v) is 9.11. The number of anilines is 1. The van der Waals surface area contributed by atoms with Crippen LogP contribution < -0.4 is 10.6 Å². The lowest BCUT2D eigenvalue weighted by Gasteiger charge is -2.26. The number of carbonyl (C=O) groups is 2. The molecule has 1 saturated heterocycles. The molecule has 2 N–H and O–H groups in total. The molecule has 0 spiro atoms. The van der Waals surface area contributed by atoms with Gasteiger partial charge in [0.1, 0.15) is 0 Å². The molecular weight excluding hydrogens is 326 g/mol. The third-order valence-corrected chi connectivity index (χ3v) is 4.57. The van der Waals surface area contributed by atoms with E-state index in [0.717, 1.165) is 42.7 Å². The van der Waals surface area contributed by atoms with Crippen molar-refractivity contribution in [3.05, 3.63) is 65.2 Å². The third kappa shape index (κ3) is 4.85. The van der Waals surface area contributed by atoms with Gasteiger partial charge in [-0.15, -0.1) is 0 Å². The summed E-state index contributed by atoms with van der Waals surface area (Å²) in [5.41, 5.74) is 3.53. The average molecular weight is 351 g/mol. The van der Waals surface area contributed by atoms with Crippen molar-refractivity contribution in [2.45, 2.75) is 32.7 Å². The molecule has 1 aliphatic heterocycles. The number of piperidine rings is 1. The molecule has 0 aliphatic carbocycles. The van der Waals surface area contributed by atoms with Gasteiger partial charge in [-0.05, 0) is 61.6 Å². The number of hydrogen-bond acceptors (Lipinski definition) is 2. The molecule has 0 atom stereocenters. The van der Waals surface area contributed by atoms with Crippen LogP contribution in [0.4, 0.5) is 10.5 Å². The molecule has 2 aromatic carbocycles. The summed E-state index contributed by atoms with van der Waals surface area (Å²) in [6.07, 6.45) is 3.38. The van der Waals surface area contributed by atoms with Crippen molar-refractivity contribution >= 4 is 17.6 Å². The molecule has 5 nitrogen and oxygen atoms in total. The van der Waals surface area contributed by atoms with Crippen molar-refractivity contribution < 1.29 is 9.59 Å². The van der Waals surface area contributed by atoms with Crippen LogP contribution in [0.3, 0.4) is 0 Å². The first-order chi connectivity index (χ1) is 12.6. The summed E-state index contributed by atoms with van der Waals surface area (Å²) in [5.74, 6) is 0.0985. The molecule has 5 heteroatoms. The number of urea groups is 1. The van der Waals surface area contributed by atoms with E-state index in [0.29, 0.717) is 12.1 Å². The number of rotatable bonds is 4. The van der Waals surface area contributed by atoms with E-state index in [1.165, 1.54) is 6.42 Å². The number of aryl methyl sites for hydroxylation is 1. The van der Waals surface area contributed by atoms with Crippen LogP contribution in [0.15, 0.2) is 48.5 Å². The number of likely N-dealkylation sites (tertiary alicyclic amines) is 1. The Balaban J connectivity index is 1.51. The van der Waals surface area contributed by atoms with Crippen LogP contribution in [-0.4, -0.2) is 29.9 Å². The molecule has 0 radical (unpaired) electrons. The molecule has 26 heavy (non-hydrogen) atoms. The highest BCUT2D eigenvalue weighted by Gasteiger charge is 2.17. The van der Waals surface area contributed by atoms with Gasteiger partial charge in [0.15, 0.2) is 0 Å². The predicted molar refractivity (Wildman–Crippen MR) is 103 cm³/mol. The average Bonchev–Trinajstić information content (AvgIpc) is 2.67. The van der Waals surface area contributed by atoms with E-state index in [2.05, 4.69) is 10.6 Å². The first-order valence-electron chi connectivity index (χ1n) is 9.11. The van der Waals surface area contributed by atoms with Crippen LogP contribution >= 0.6 is 0 Å². The lowest BCUT2D eigenvalue weighted by molar-refractivity contribution is 0.0724. The molecule has 1 fully saturated rings. The smallest absolute Gasteiger partial charge is 0.319 e. The standard InChI is InChI=1S/C21H25N3O2/c1-16-6-5-7-19(14-16)23-21(26)22-15-17-8-10-18(11-9-17)20(25)24-12-3-2-4-13-24/h5-11,14H,2-4,12-13,15H2,1H3,(H2,22,23,26). The maximum Gasteiger partial charge on any atom is 0.319 e. The molecule has 0 aromatic heterocycles. The second-order valence-corrected chi connectivity index (χ2v) is 6.73. The number of carbonyl (C=O) groups excluding carboxylic acids is 2. The van der Waals surface area contributed by atoms with E-state index in [1.54, 1.807) is 0 Å². The van der Waals surface area contributed by atoms with Gasteiger partial charge < -0.3 is 15.5 Å². The van der Waals surface area contributed by atoms with E-state index in [1.807, 2.05) is 60.4 Å². The number of nitrogens with one attached hydrogen (secondary N) is 2. The normalized spacial score (nSPS) is 14.0. The summed E-state index contributed by atoms with van der Waals surface area (Å²) in [7, 11) is 0. The topological polar surface area (TPSA) is 61.4 Å². The second kappa shape index (κ2) is 8.52. The minimum absolute atomic E-state index is 0.0985. The lowest BCUT2D eigenvalue weighted by Crippen LogP contribution is -2.35. The van der Waals surface area contributed by atoms with E-state index >= 15 is 0 Å². The van der Waals surface area contributed by atoms with Gasteiger partial charge in [0, 0.05) is 30.9 Å². The van der Waals surface area contributed by atoms with Gasteiger partial charge in [-0.2, -0.15) is 0 Å². The SMILES string of the molecule is Cc1cccc(NC(=O)NCc2ccc(C(=O)N3CCCCC3)cc2)c1. The monoisotopic (exact) mass is 351 g/mol. The second-order valence-electron chi connectivity index (χ2n) is 6.73. The number of amides is 3. The maximum atomic E-state index is 12.5. The maximum absolute atomic E-state index is 12.5. The predicted octanol–water partition coefficient (Wildman–Crippen LogP) is 3.94. The van der Waals surface area contributed by atoms with Crippen LogP contribution in [0, 0.1) is 6.92 Å². The zero-order valence-corrected chi connectivity index (χ0v) is 15.1. The minimum atomic E-state index is -0.246. The van der Waals surface area contributed by atoms with E-state index in [-0.39, 0.29) is 11.9 Å². The molecule has 1 heterocycles. The highest BCUT2D eigenvalue weighted by molar-refractivity contribution is 5.94. The van der Waals surface area contributed by atoms with Gasteiger partial charge >= 0.3 is 6.03 Å². The van der Waals surface area contributed by atoms with Gasteiger partial charge in [-0.3, -0.25) is 4.79 Å². The molecule has 2 aromatic rings. The summed E-state index contributed by atoms with van der Waals surface area (Å²) in [6, 6.07) is 14.9. The molecule has 0 unspecified atom stereocenters. The number of hydrogen-bond donors (Lipinski definition) is 2. The van der Waals surface area contributed by atoms with Crippen LogP contribution in [0.2, 0.25) is 0 Å². The van der Waals surface area contributed by atoms with Gasteiger partial charge in [0.05, 0.1) is 0 Å². The number of nitrogens with zero attached hydrogens (tertiary/aromatic N) is 1. The van der Waals surface area contributed by atoms with Crippen LogP contribution in [0.1, 0.15) is 40.7 Å². The Labute approximate surface area is 154 Å². The Kier molecular flexibility index (Phi) is 5.89. The molecule has 0 bridgehead atoms. The molecule has 3 rings (SSSR count). The summed E-state index contributed by atoms with van der Waals surface area (Å²) in [6.45, 7) is 4.09. The molecular formula is C21H25N3O2. The highest BCUT2D eigenvalue weighted by Crippen LogP contribution is 2.14. The summed E-state index contributed by atoms with van der Waals surface area (Å²) < 4.78 is 0. The van der Waals surface area contributed by atoms with Gasteiger partial charge in [0.2, 0.25) is 0 Å². The lowest BCUT2D eigenvalue weighted by atomic mass is 10.1. The Bertz CT molecular complexity index is 765.